The van der Waals surface area contributed by atoms with Crippen LogP contribution >= 0.6 is 11.6 Å². The van der Waals surface area contributed by atoms with Gasteiger partial charge in [-0.2, -0.15) is 0 Å². The zero-order valence-corrected chi connectivity index (χ0v) is 15.4. The predicted molar refractivity (Wildman–Crippen MR) is 107 cm³/mol. The molecule has 0 bridgehead atoms. The Balaban J connectivity index is 2.11. The lowest BCUT2D eigenvalue weighted by Gasteiger charge is -2.23. The molecule has 0 saturated heterocycles. The summed E-state index contributed by atoms with van der Waals surface area (Å²) in [7, 11) is 0. The van der Waals surface area contributed by atoms with Crippen molar-refractivity contribution < 1.29 is 5.11 Å². The first-order valence-corrected chi connectivity index (χ1v) is 8.88. The van der Waals surface area contributed by atoms with Gasteiger partial charge >= 0.3 is 0 Å². The second-order valence-electron chi connectivity index (χ2n) is 6.85. The molecule has 4 rings (SSSR count). The monoisotopic (exact) mass is 362 g/mol. The van der Waals surface area contributed by atoms with Gasteiger partial charge in [0.05, 0.1) is 22.3 Å². The first kappa shape index (κ1) is 16.8. The molecule has 0 fully saturated rings. The van der Waals surface area contributed by atoms with Gasteiger partial charge in [-0.05, 0) is 38.1 Å². The van der Waals surface area contributed by atoms with Crippen LogP contribution in [0.15, 0.2) is 72.8 Å². The molecule has 0 saturated carbocycles. The molecule has 4 heteroatoms. The molecule has 1 N–H and O–H groups in total. The highest BCUT2D eigenvalue weighted by Gasteiger charge is 2.24. The second-order valence-corrected chi connectivity index (χ2v) is 7.28. The van der Waals surface area contributed by atoms with Crippen LogP contribution in [0.25, 0.3) is 28.1 Å². The Morgan fingerprint density at radius 1 is 0.923 bits per heavy atom. The number of para-hydroxylation sites is 2. The van der Waals surface area contributed by atoms with Crippen molar-refractivity contribution in [1.29, 1.82) is 0 Å². The summed E-state index contributed by atoms with van der Waals surface area (Å²) in [5.41, 5.74) is 3.48. The molecule has 4 aromatic rings. The number of aliphatic hydroxyl groups is 1. The topological polar surface area (TPSA) is 38.0 Å². The van der Waals surface area contributed by atoms with Gasteiger partial charge in [0, 0.05) is 16.1 Å². The molecule has 0 spiro atoms. The van der Waals surface area contributed by atoms with Gasteiger partial charge in [0.1, 0.15) is 5.82 Å². The number of nitrogens with zero attached hydrogens (tertiary/aromatic N) is 2. The summed E-state index contributed by atoms with van der Waals surface area (Å²) in [5, 5.41) is 11.3. The minimum absolute atomic E-state index is 0.616. The molecular weight excluding hydrogens is 344 g/mol. The maximum absolute atomic E-state index is 10.7. The highest BCUT2D eigenvalue weighted by atomic mass is 35.5. The fraction of sp³-hybridized carbons (Fsp3) is 0.136. The van der Waals surface area contributed by atoms with Crippen LogP contribution in [0, 0.1) is 0 Å². The van der Waals surface area contributed by atoms with Gasteiger partial charge in [0.2, 0.25) is 0 Å². The lowest BCUT2D eigenvalue weighted by Crippen LogP contribution is -2.19. The molecule has 1 aromatic heterocycles. The molecule has 0 aliphatic heterocycles. The van der Waals surface area contributed by atoms with Crippen molar-refractivity contribution in [2.45, 2.75) is 19.4 Å². The van der Waals surface area contributed by atoms with Crippen molar-refractivity contribution in [2.75, 3.05) is 0 Å². The maximum Gasteiger partial charge on any atom is 0.145 e. The Labute approximate surface area is 157 Å². The van der Waals surface area contributed by atoms with Crippen molar-refractivity contribution in [3.05, 3.63) is 83.4 Å². The summed E-state index contributed by atoms with van der Waals surface area (Å²) in [6.45, 7) is 3.56. The zero-order chi connectivity index (χ0) is 18.3. The van der Waals surface area contributed by atoms with E-state index in [-0.39, 0.29) is 0 Å². The average Bonchev–Trinajstić information content (AvgIpc) is 3.01. The van der Waals surface area contributed by atoms with E-state index >= 15 is 0 Å². The third kappa shape index (κ3) is 2.90. The fourth-order valence-corrected chi connectivity index (χ4v) is 3.42. The molecule has 0 unspecified atom stereocenters. The van der Waals surface area contributed by atoms with Gasteiger partial charge in [-0.25, -0.2) is 4.98 Å². The summed E-state index contributed by atoms with van der Waals surface area (Å²) in [6.07, 6.45) is 0. The predicted octanol–water partition coefficient (Wildman–Crippen LogP) is 5.57. The number of halogens is 1. The molecule has 130 valence electrons. The van der Waals surface area contributed by atoms with Gasteiger partial charge < -0.3 is 5.11 Å². The van der Waals surface area contributed by atoms with Gasteiger partial charge in [-0.1, -0.05) is 60.1 Å². The third-order valence-corrected chi connectivity index (χ3v) is 4.69. The molecule has 3 nitrogen and oxygen atoms in total. The summed E-state index contributed by atoms with van der Waals surface area (Å²) < 4.78 is 2.07. The normalized spacial score (nSPS) is 11.8. The number of fused-ring (bicyclic) bond motifs is 1. The van der Waals surface area contributed by atoms with E-state index in [2.05, 4.69) is 4.57 Å². The van der Waals surface area contributed by atoms with Gasteiger partial charge in [-0.15, -0.1) is 0 Å². The third-order valence-electron chi connectivity index (χ3n) is 4.45. The highest BCUT2D eigenvalue weighted by molar-refractivity contribution is 6.30. The van der Waals surface area contributed by atoms with E-state index in [1.54, 1.807) is 19.9 Å². The number of hydrogen-bond donors (Lipinski definition) is 1. The number of aromatic nitrogens is 2. The zero-order valence-electron chi connectivity index (χ0n) is 14.6. The quantitative estimate of drug-likeness (QED) is 0.517. The Morgan fingerprint density at radius 2 is 1.62 bits per heavy atom. The van der Waals surface area contributed by atoms with Crippen LogP contribution in [0.4, 0.5) is 0 Å². The molecule has 26 heavy (non-hydrogen) atoms. The van der Waals surface area contributed by atoms with Crippen LogP contribution in [0.2, 0.25) is 5.02 Å². The summed E-state index contributed by atoms with van der Waals surface area (Å²) in [5.74, 6) is 0.819. The maximum atomic E-state index is 10.7. The lowest BCUT2D eigenvalue weighted by atomic mass is 9.96. The highest BCUT2D eigenvalue weighted by Crippen LogP contribution is 2.35. The van der Waals surface area contributed by atoms with Gasteiger partial charge in [-0.3, -0.25) is 4.57 Å². The molecular formula is C22H19ClN2O. The van der Waals surface area contributed by atoms with Crippen LogP contribution in [0.1, 0.15) is 19.4 Å². The lowest BCUT2D eigenvalue weighted by molar-refractivity contribution is 0.0786. The van der Waals surface area contributed by atoms with Crippen molar-refractivity contribution in [1.82, 2.24) is 9.55 Å². The summed E-state index contributed by atoms with van der Waals surface area (Å²) in [6, 6.07) is 23.6. The Kier molecular flexibility index (Phi) is 4.06. The van der Waals surface area contributed by atoms with Crippen molar-refractivity contribution >= 4 is 22.6 Å². The minimum Gasteiger partial charge on any atom is -0.386 e. The Bertz CT molecular complexity index is 1080. The number of benzene rings is 3. The second kappa shape index (κ2) is 6.27. The first-order valence-electron chi connectivity index (χ1n) is 8.51. The Morgan fingerprint density at radius 3 is 2.35 bits per heavy atom. The fourth-order valence-electron chi connectivity index (χ4n) is 3.26. The largest absolute Gasteiger partial charge is 0.386 e. The van der Waals surface area contributed by atoms with Crippen LogP contribution in [-0.2, 0) is 5.60 Å². The molecule has 0 aliphatic carbocycles. The van der Waals surface area contributed by atoms with Crippen molar-refractivity contribution in [3.63, 3.8) is 0 Å². The van der Waals surface area contributed by atoms with E-state index in [9.17, 15) is 5.11 Å². The molecule has 0 radical (unpaired) electrons. The van der Waals surface area contributed by atoms with E-state index in [0.717, 1.165) is 33.7 Å². The van der Waals surface area contributed by atoms with Crippen LogP contribution in [0.5, 0.6) is 0 Å². The number of imidazole rings is 1. The molecule has 1 heterocycles. The van der Waals surface area contributed by atoms with Crippen LogP contribution < -0.4 is 0 Å². The minimum atomic E-state index is -1.01. The average molecular weight is 363 g/mol. The van der Waals surface area contributed by atoms with Crippen molar-refractivity contribution in [3.8, 4) is 17.1 Å². The van der Waals surface area contributed by atoms with E-state index in [1.165, 1.54) is 0 Å². The molecule has 3 aromatic carbocycles. The van der Waals surface area contributed by atoms with Crippen molar-refractivity contribution in [2.24, 2.45) is 0 Å². The summed E-state index contributed by atoms with van der Waals surface area (Å²) in [4.78, 5) is 4.85. The first-order chi connectivity index (χ1) is 12.4. The molecule has 0 amide bonds. The van der Waals surface area contributed by atoms with E-state index < -0.39 is 5.60 Å². The number of rotatable bonds is 3. The van der Waals surface area contributed by atoms with Crippen LogP contribution in [0.3, 0.4) is 0 Å². The molecule has 0 aliphatic rings. The van der Waals surface area contributed by atoms with Gasteiger partial charge in [0.25, 0.3) is 0 Å². The van der Waals surface area contributed by atoms with Gasteiger partial charge in [0.15, 0.2) is 0 Å². The van der Waals surface area contributed by atoms with Crippen LogP contribution in [-0.4, -0.2) is 14.7 Å². The van der Waals surface area contributed by atoms with E-state index in [1.807, 2.05) is 66.7 Å². The molecule has 0 atom stereocenters. The number of hydrogen-bond acceptors (Lipinski definition) is 2. The Hall–Kier alpha value is -2.62. The van der Waals surface area contributed by atoms with E-state index in [4.69, 9.17) is 16.6 Å². The smallest absolute Gasteiger partial charge is 0.145 e. The van der Waals surface area contributed by atoms with E-state index in [0.29, 0.717) is 5.02 Å². The summed E-state index contributed by atoms with van der Waals surface area (Å²) >= 11 is 6.32. The standard InChI is InChI=1S/C22H19ClN2O/c1-22(2,26)17-13-12-16(23)14-20(17)25-19-11-7-6-10-18(19)24-21(25)15-8-4-3-5-9-15/h3-14,26H,1-2H3. The SMILES string of the molecule is CC(C)(O)c1ccc(Cl)cc1-n1c(-c2ccccc2)nc2ccccc21.